The molecular formula is C16H25ClN4O2. The summed E-state index contributed by atoms with van der Waals surface area (Å²) in [4.78, 5) is 25.8. The number of anilines is 1. The fourth-order valence-electron chi connectivity index (χ4n) is 2.51. The number of benzene rings is 1. The largest absolute Gasteiger partial charge is 0.341 e. The van der Waals surface area contributed by atoms with Crippen LogP contribution in [0.2, 0.25) is 0 Å². The molecule has 1 aliphatic heterocycles. The quantitative estimate of drug-likeness (QED) is 0.786. The molecule has 3 amide bonds. The summed E-state index contributed by atoms with van der Waals surface area (Å²) in [5.41, 5.74) is 5.76. The van der Waals surface area contributed by atoms with E-state index in [4.69, 9.17) is 5.73 Å². The lowest BCUT2D eigenvalue weighted by Gasteiger charge is -2.35. The third-order valence-corrected chi connectivity index (χ3v) is 3.70. The summed E-state index contributed by atoms with van der Waals surface area (Å²) in [6.45, 7) is 4.67. The Morgan fingerprint density at radius 1 is 1.17 bits per heavy atom. The highest BCUT2D eigenvalue weighted by Gasteiger charge is 2.31. The first-order valence-corrected chi connectivity index (χ1v) is 7.57. The van der Waals surface area contributed by atoms with Gasteiger partial charge in [0.2, 0.25) is 5.91 Å². The predicted molar refractivity (Wildman–Crippen MR) is 93.7 cm³/mol. The molecular weight excluding hydrogens is 316 g/mol. The van der Waals surface area contributed by atoms with Gasteiger partial charge in [-0.05, 0) is 38.8 Å². The molecule has 1 fully saturated rings. The smallest absolute Gasteiger partial charge is 0.319 e. The Hall–Kier alpha value is -1.79. The molecule has 4 N–H and O–H groups in total. The molecule has 2 rings (SSSR count). The van der Waals surface area contributed by atoms with Crippen molar-refractivity contribution in [2.24, 2.45) is 5.73 Å². The van der Waals surface area contributed by atoms with Gasteiger partial charge in [0.15, 0.2) is 0 Å². The van der Waals surface area contributed by atoms with Crippen LogP contribution in [0.3, 0.4) is 0 Å². The number of likely N-dealkylation sites (tertiary alicyclic amines) is 1. The average molecular weight is 341 g/mol. The van der Waals surface area contributed by atoms with Gasteiger partial charge in [-0.25, -0.2) is 4.79 Å². The first-order chi connectivity index (χ1) is 10.4. The average Bonchev–Trinajstić information content (AvgIpc) is 2.47. The molecule has 1 saturated heterocycles. The van der Waals surface area contributed by atoms with Crippen LogP contribution < -0.4 is 16.4 Å². The fraction of sp³-hybridized carbons (Fsp3) is 0.500. The molecule has 0 atom stereocenters. The number of nitrogens with zero attached hydrogens (tertiary/aromatic N) is 1. The minimum atomic E-state index is -0.842. The number of amides is 3. The van der Waals surface area contributed by atoms with Gasteiger partial charge in [-0.2, -0.15) is 0 Å². The van der Waals surface area contributed by atoms with Crippen LogP contribution in [0.1, 0.15) is 26.7 Å². The van der Waals surface area contributed by atoms with Crippen LogP contribution >= 0.6 is 12.4 Å². The van der Waals surface area contributed by atoms with Gasteiger partial charge in [-0.1, -0.05) is 18.2 Å². The molecule has 6 nitrogen and oxygen atoms in total. The second-order valence-electron chi connectivity index (χ2n) is 6.25. The number of piperidine rings is 1. The second kappa shape index (κ2) is 8.17. The maximum absolute atomic E-state index is 12.1. The van der Waals surface area contributed by atoms with Gasteiger partial charge >= 0.3 is 6.03 Å². The van der Waals surface area contributed by atoms with Crippen LogP contribution in [0.25, 0.3) is 0 Å². The number of hydrogen-bond acceptors (Lipinski definition) is 3. The first-order valence-electron chi connectivity index (χ1n) is 7.57. The van der Waals surface area contributed by atoms with E-state index in [-0.39, 0.29) is 30.4 Å². The molecule has 23 heavy (non-hydrogen) atoms. The van der Waals surface area contributed by atoms with Crippen molar-refractivity contribution < 1.29 is 9.59 Å². The van der Waals surface area contributed by atoms with Crippen LogP contribution in [-0.2, 0) is 4.79 Å². The van der Waals surface area contributed by atoms with Crippen molar-refractivity contribution in [1.29, 1.82) is 0 Å². The molecule has 1 heterocycles. The zero-order valence-corrected chi connectivity index (χ0v) is 14.4. The summed E-state index contributed by atoms with van der Waals surface area (Å²) in [6.07, 6.45) is 1.48. The number of nitrogens with one attached hydrogen (secondary N) is 2. The van der Waals surface area contributed by atoms with E-state index < -0.39 is 5.54 Å². The lowest BCUT2D eigenvalue weighted by atomic mass is 10.0. The van der Waals surface area contributed by atoms with Crippen molar-refractivity contribution in [1.82, 2.24) is 10.2 Å². The number of carbonyl (C=O) groups excluding carboxylic acids is 2. The lowest BCUT2D eigenvalue weighted by molar-refractivity contribution is -0.136. The Bertz CT molecular complexity index is 523. The van der Waals surface area contributed by atoms with Crippen molar-refractivity contribution in [2.45, 2.75) is 38.3 Å². The zero-order chi connectivity index (χ0) is 16.2. The Kier molecular flexibility index (Phi) is 6.84. The van der Waals surface area contributed by atoms with Crippen molar-refractivity contribution in [3.63, 3.8) is 0 Å². The summed E-state index contributed by atoms with van der Waals surface area (Å²) in [5.74, 6) is -0.0420. The topological polar surface area (TPSA) is 87.5 Å². The fourth-order valence-corrected chi connectivity index (χ4v) is 2.51. The van der Waals surface area contributed by atoms with Crippen molar-refractivity contribution in [2.75, 3.05) is 18.4 Å². The Balaban J connectivity index is 0.00000264. The number of urea groups is 1. The van der Waals surface area contributed by atoms with Crippen molar-refractivity contribution >= 4 is 30.0 Å². The van der Waals surface area contributed by atoms with Crippen LogP contribution in [0, 0.1) is 0 Å². The van der Waals surface area contributed by atoms with Gasteiger partial charge in [-0.15, -0.1) is 12.4 Å². The third-order valence-electron chi connectivity index (χ3n) is 3.70. The van der Waals surface area contributed by atoms with Crippen molar-refractivity contribution in [3.8, 4) is 0 Å². The molecule has 0 aromatic heterocycles. The molecule has 0 radical (unpaired) electrons. The van der Waals surface area contributed by atoms with Crippen LogP contribution in [-0.4, -0.2) is 41.5 Å². The molecule has 0 bridgehead atoms. The molecule has 7 heteroatoms. The van der Waals surface area contributed by atoms with E-state index in [1.807, 2.05) is 30.3 Å². The number of hydrogen-bond donors (Lipinski definition) is 3. The van der Waals surface area contributed by atoms with E-state index in [1.165, 1.54) is 0 Å². The Morgan fingerprint density at radius 2 is 1.74 bits per heavy atom. The third kappa shape index (κ3) is 5.73. The number of para-hydroxylation sites is 1. The van der Waals surface area contributed by atoms with E-state index in [1.54, 1.807) is 18.7 Å². The molecule has 128 valence electrons. The maximum atomic E-state index is 12.1. The minimum absolute atomic E-state index is 0. The summed E-state index contributed by atoms with van der Waals surface area (Å²) in [6, 6.07) is 9.18. The summed E-state index contributed by atoms with van der Waals surface area (Å²) in [5, 5.41) is 5.74. The standard InChI is InChI=1S/C16H24N4O2.ClH/c1-16(2,17)14(21)20-10-8-13(9-11-20)19-15(22)18-12-6-4-3-5-7-12;/h3-7,13H,8-11,17H2,1-2H3,(H2,18,19,22);1H. The van der Waals surface area contributed by atoms with E-state index >= 15 is 0 Å². The summed E-state index contributed by atoms with van der Waals surface area (Å²) in [7, 11) is 0. The van der Waals surface area contributed by atoms with Gasteiger partial charge in [0, 0.05) is 24.8 Å². The molecule has 1 aromatic carbocycles. The predicted octanol–water partition coefficient (Wildman–Crippen LogP) is 1.96. The number of rotatable bonds is 3. The van der Waals surface area contributed by atoms with E-state index in [0.29, 0.717) is 13.1 Å². The van der Waals surface area contributed by atoms with Crippen LogP contribution in [0.5, 0.6) is 0 Å². The van der Waals surface area contributed by atoms with Gasteiger partial charge < -0.3 is 21.3 Å². The van der Waals surface area contributed by atoms with Gasteiger partial charge in [0.05, 0.1) is 5.54 Å². The van der Waals surface area contributed by atoms with E-state index in [9.17, 15) is 9.59 Å². The van der Waals surface area contributed by atoms with Gasteiger partial charge in [0.1, 0.15) is 0 Å². The first kappa shape index (κ1) is 19.3. The van der Waals surface area contributed by atoms with E-state index in [2.05, 4.69) is 10.6 Å². The van der Waals surface area contributed by atoms with Gasteiger partial charge in [-0.3, -0.25) is 4.79 Å². The number of nitrogens with two attached hydrogens (primary N) is 1. The number of carbonyl (C=O) groups is 2. The Labute approximate surface area is 143 Å². The van der Waals surface area contributed by atoms with E-state index in [0.717, 1.165) is 18.5 Å². The maximum Gasteiger partial charge on any atom is 0.319 e. The van der Waals surface area contributed by atoms with Crippen molar-refractivity contribution in [3.05, 3.63) is 30.3 Å². The zero-order valence-electron chi connectivity index (χ0n) is 13.5. The SMILES string of the molecule is CC(C)(N)C(=O)N1CCC(NC(=O)Nc2ccccc2)CC1.Cl. The highest BCUT2D eigenvalue weighted by atomic mass is 35.5. The second-order valence-corrected chi connectivity index (χ2v) is 6.25. The Morgan fingerprint density at radius 3 is 2.26 bits per heavy atom. The number of halogens is 1. The minimum Gasteiger partial charge on any atom is -0.341 e. The van der Waals surface area contributed by atoms with Gasteiger partial charge in [0.25, 0.3) is 0 Å². The lowest BCUT2D eigenvalue weighted by Crippen LogP contribution is -2.55. The summed E-state index contributed by atoms with van der Waals surface area (Å²) < 4.78 is 0. The molecule has 0 aliphatic carbocycles. The molecule has 1 aromatic rings. The monoisotopic (exact) mass is 340 g/mol. The molecule has 1 aliphatic rings. The van der Waals surface area contributed by atoms with Crippen LogP contribution in [0.4, 0.5) is 10.5 Å². The normalized spacial score (nSPS) is 15.5. The van der Waals surface area contributed by atoms with Crippen LogP contribution in [0.15, 0.2) is 30.3 Å². The highest BCUT2D eigenvalue weighted by molar-refractivity contribution is 5.89. The molecule has 0 saturated carbocycles. The molecule has 0 unspecified atom stereocenters. The molecule has 0 spiro atoms. The highest BCUT2D eigenvalue weighted by Crippen LogP contribution is 2.14. The summed E-state index contributed by atoms with van der Waals surface area (Å²) >= 11 is 0.